The van der Waals surface area contributed by atoms with E-state index in [1.807, 2.05) is 0 Å². The smallest absolute Gasteiger partial charge is 0.174 e. The summed E-state index contributed by atoms with van der Waals surface area (Å²) in [5.74, 6) is 0. The molecule has 29 heavy (non-hydrogen) atoms. The van der Waals surface area contributed by atoms with Gasteiger partial charge in [0.15, 0.2) is 5.06 Å². The summed E-state index contributed by atoms with van der Waals surface area (Å²) in [6, 6.07) is 22.0. The molecule has 3 rings (SSSR count). The van der Waals surface area contributed by atoms with Crippen molar-refractivity contribution in [3.05, 3.63) is 78.4 Å². The Morgan fingerprint density at radius 2 is 1.41 bits per heavy atom. The van der Waals surface area contributed by atoms with Gasteiger partial charge in [-0.2, -0.15) is 0 Å². The highest BCUT2D eigenvalue weighted by Gasteiger charge is 2.05. The zero-order chi connectivity index (χ0) is 20.3. The Kier molecular flexibility index (Phi) is 8.58. The first-order valence-electron chi connectivity index (χ1n) is 10.9. The summed E-state index contributed by atoms with van der Waals surface area (Å²) in [5.41, 5.74) is 5.19. The highest BCUT2D eigenvalue weighted by atomic mass is 32.1. The standard InChI is InChI=1S/C27H32OS/c1-3-5-6-7-8-9-21-28-27-20-19-26(29-27)25-17-15-24(16-18-25)23-13-11-22(10-4-2)12-14-23/h8-9,11-20H,3-7,10,21H2,1-2H3/b9-8+. The van der Waals surface area contributed by atoms with Crippen molar-refractivity contribution in [2.45, 2.75) is 52.4 Å². The fourth-order valence-electron chi connectivity index (χ4n) is 3.36. The molecule has 2 aromatic carbocycles. The second kappa shape index (κ2) is 11.6. The lowest BCUT2D eigenvalue weighted by atomic mass is 10.0. The summed E-state index contributed by atoms with van der Waals surface area (Å²) in [6.45, 7) is 5.11. The van der Waals surface area contributed by atoms with Gasteiger partial charge >= 0.3 is 0 Å². The van der Waals surface area contributed by atoms with Crippen LogP contribution >= 0.6 is 11.3 Å². The minimum atomic E-state index is 0.652. The van der Waals surface area contributed by atoms with Gasteiger partial charge in [0.05, 0.1) is 0 Å². The Morgan fingerprint density at radius 3 is 2.10 bits per heavy atom. The quantitative estimate of drug-likeness (QED) is 0.230. The molecule has 0 aliphatic rings. The molecule has 0 spiro atoms. The average molecular weight is 405 g/mol. The molecule has 0 saturated heterocycles. The predicted molar refractivity (Wildman–Crippen MR) is 128 cm³/mol. The molecule has 0 aliphatic carbocycles. The van der Waals surface area contributed by atoms with Crippen molar-refractivity contribution in [1.82, 2.24) is 0 Å². The van der Waals surface area contributed by atoms with Crippen LogP contribution in [0.5, 0.6) is 5.06 Å². The van der Waals surface area contributed by atoms with Crippen molar-refractivity contribution in [3.8, 4) is 26.6 Å². The number of hydrogen-bond acceptors (Lipinski definition) is 2. The van der Waals surface area contributed by atoms with Crippen molar-refractivity contribution >= 4 is 11.3 Å². The van der Waals surface area contributed by atoms with Crippen LogP contribution in [0.1, 0.15) is 51.5 Å². The van der Waals surface area contributed by atoms with Crippen molar-refractivity contribution in [2.24, 2.45) is 0 Å². The molecule has 152 valence electrons. The summed E-state index contributed by atoms with van der Waals surface area (Å²) < 4.78 is 5.87. The number of hydrogen-bond donors (Lipinski definition) is 0. The molecule has 0 fully saturated rings. The third kappa shape index (κ3) is 6.61. The number of benzene rings is 2. The normalized spacial score (nSPS) is 11.2. The van der Waals surface area contributed by atoms with E-state index in [0.29, 0.717) is 6.61 Å². The monoisotopic (exact) mass is 404 g/mol. The van der Waals surface area contributed by atoms with Gasteiger partial charge in [-0.15, -0.1) is 0 Å². The third-order valence-electron chi connectivity index (χ3n) is 5.04. The maximum absolute atomic E-state index is 5.87. The fourth-order valence-corrected chi connectivity index (χ4v) is 4.23. The van der Waals surface area contributed by atoms with Crippen LogP contribution in [-0.4, -0.2) is 6.61 Å². The lowest BCUT2D eigenvalue weighted by Gasteiger charge is -2.05. The van der Waals surface area contributed by atoms with E-state index in [9.17, 15) is 0 Å². The zero-order valence-electron chi connectivity index (χ0n) is 17.7. The second-order valence-electron chi connectivity index (χ2n) is 7.42. The van der Waals surface area contributed by atoms with E-state index < -0.39 is 0 Å². The van der Waals surface area contributed by atoms with E-state index in [-0.39, 0.29) is 0 Å². The molecule has 2 heteroatoms. The molecule has 1 aromatic heterocycles. The molecule has 0 N–H and O–H groups in total. The van der Waals surface area contributed by atoms with E-state index >= 15 is 0 Å². The molecular weight excluding hydrogens is 372 g/mol. The molecule has 0 radical (unpaired) electrons. The van der Waals surface area contributed by atoms with Crippen molar-refractivity contribution < 1.29 is 4.74 Å². The largest absolute Gasteiger partial charge is 0.480 e. The van der Waals surface area contributed by atoms with E-state index in [0.717, 1.165) is 17.9 Å². The van der Waals surface area contributed by atoms with Crippen LogP contribution in [-0.2, 0) is 6.42 Å². The predicted octanol–water partition coefficient (Wildman–Crippen LogP) is 8.55. The molecule has 3 aromatic rings. The summed E-state index contributed by atoms with van der Waals surface area (Å²) in [7, 11) is 0. The molecule has 0 unspecified atom stereocenters. The van der Waals surface area contributed by atoms with Gasteiger partial charge in [-0.3, -0.25) is 0 Å². The Bertz CT molecular complexity index is 872. The van der Waals surface area contributed by atoms with Gasteiger partial charge < -0.3 is 4.74 Å². The van der Waals surface area contributed by atoms with E-state index in [2.05, 4.69) is 86.7 Å². The van der Waals surface area contributed by atoms with Gasteiger partial charge in [-0.1, -0.05) is 105 Å². The van der Waals surface area contributed by atoms with Gasteiger partial charge in [0.2, 0.25) is 0 Å². The summed E-state index contributed by atoms with van der Waals surface area (Å²) in [6.07, 6.45) is 11.7. The van der Waals surface area contributed by atoms with Gasteiger partial charge in [-0.25, -0.2) is 0 Å². The summed E-state index contributed by atoms with van der Waals surface area (Å²) in [5, 5.41) is 0.980. The topological polar surface area (TPSA) is 9.23 Å². The minimum absolute atomic E-state index is 0.652. The van der Waals surface area contributed by atoms with E-state index in [1.165, 1.54) is 52.8 Å². The van der Waals surface area contributed by atoms with Crippen LogP contribution in [0.15, 0.2) is 72.8 Å². The number of allylic oxidation sites excluding steroid dienone is 1. The molecule has 0 atom stereocenters. The number of aryl methyl sites for hydroxylation is 1. The molecule has 0 saturated carbocycles. The zero-order valence-corrected chi connectivity index (χ0v) is 18.5. The fraction of sp³-hybridized carbons (Fsp3) is 0.333. The summed E-state index contributed by atoms with van der Waals surface area (Å²) in [4.78, 5) is 1.25. The van der Waals surface area contributed by atoms with Crippen LogP contribution in [0.2, 0.25) is 0 Å². The number of rotatable bonds is 11. The Hall–Kier alpha value is -2.32. The maximum Gasteiger partial charge on any atom is 0.174 e. The van der Waals surface area contributed by atoms with Crippen molar-refractivity contribution in [1.29, 1.82) is 0 Å². The molecule has 1 nitrogen and oxygen atoms in total. The Balaban J connectivity index is 1.55. The lowest BCUT2D eigenvalue weighted by molar-refractivity contribution is 0.373. The molecular formula is C27H32OS. The van der Waals surface area contributed by atoms with Crippen molar-refractivity contribution in [3.63, 3.8) is 0 Å². The molecule has 1 heterocycles. The first-order chi connectivity index (χ1) is 14.3. The average Bonchev–Trinajstić information content (AvgIpc) is 3.23. The highest BCUT2D eigenvalue weighted by Crippen LogP contribution is 2.34. The van der Waals surface area contributed by atoms with Crippen LogP contribution < -0.4 is 4.74 Å². The SMILES string of the molecule is CCCCC/C=C/COc1ccc(-c2ccc(-c3ccc(CCC)cc3)cc2)s1. The lowest BCUT2D eigenvalue weighted by Crippen LogP contribution is -1.90. The van der Waals surface area contributed by atoms with Crippen LogP contribution in [0.25, 0.3) is 21.6 Å². The van der Waals surface area contributed by atoms with E-state index in [4.69, 9.17) is 4.74 Å². The highest BCUT2D eigenvalue weighted by molar-refractivity contribution is 7.17. The van der Waals surface area contributed by atoms with Crippen LogP contribution in [0, 0.1) is 0 Å². The van der Waals surface area contributed by atoms with Crippen LogP contribution in [0.3, 0.4) is 0 Å². The number of ether oxygens (including phenoxy) is 1. The van der Waals surface area contributed by atoms with Gasteiger partial charge in [0.25, 0.3) is 0 Å². The van der Waals surface area contributed by atoms with Crippen molar-refractivity contribution in [2.75, 3.05) is 6.61 Å². The Morgan fingerprint density at radius 1 is 0.724 bits per heavy atom. The minimum Gasteiger partial charge on any atom is -0.480 e. The summed E-state index contributed by atoms with van der Waals surface area (Å²) >= 11 is 1.71. The van der Waals surface area contributed by atoms with Crippen LogP contribution in [0.4, 0.5) is 0 Å². The first kappa shape index (κ1) is 21.4. The van der Waals surface area contributed by atoms with E-state index in [1.54, 1.807) is 11.3 Å². The molecule has 0 aliphatic heterocycles. The van der Waals surface area contributed by atoms with Gasteiger partial charge in [0, 0.05) is 4.88 Å². The van der Waals surface area contributed by atoms with Gasteiger partial charge in [-0.05, 0) is 53.6 Å². The Labute approximate surface area is 180 Å². The maximum atomic E-state index is 5.87. The molecule has 0 amide bonds. The molecule has 0 bridgehead atoms. The number of thiophene rings is 1. The second-order valence-corrected chi connectivity index (χ2v) is 8.47. The first-order valence-corrected chi connectivity index (χ1v) is 11.7. The third-order valence-corrected chi connectivity index (χ3v) is 6.09. The number of unbranched alkanes of at least 4 members (excludes halogenated alkanes) is 3. The van der Waals surface area contributed by atoms with Gasteiger partial charge in [0.1, 0.15) is 6.61 Å².